The maximum absolute atomic E-state index is 11.6. The van der Waals surface area contributed by atoms with Crippen molar-refractivity contribution in [3.05, 3.63) is 30.3 Å². The Morgan fingerprint density at radius 1 is 1.16 bits per heavy atom. The molecule has 0 radical (unpaired) electrons. The predicted octanol–water partition coefficient (Wildman–Crippen LogP) is 0.902. The normalized spacial score (nSPS) is 21.9. The summed E-state index contributed by atoms with van der Waals surface area (Å²) in [6, 6.07) is 8.82. The Bertz CT molecular complexity index is 447. The molecule has 1 aliphatic carbocycles. The van der Waals surface area contributed by atoms with Gasteiger partial charge in [0.2, 0.25) is 0 Å². The number of anilines is 1. The van der Waals surface area contributed by atoms with Crippen LogP contribution in [-0.4, -0.2) is 29.6 Å². The first-order valence-corrected chi connectivity index (χ1v) is 6.49. The van der Waals surface area contributed by atoms with E-state index in [1.165, 1.54) is 0 Å². The lowest BCUT2D eigenvalue weighted by molar-refractivity contribution is -0.136. The molecule has 0 saturated heterocycles. The van der Waals surface area contributed by atoms with E-state index in [0.29, 0.717) is 12.2 Å². The molecule has 0 spiro atoms. The molecule has 102 valence electrons. The topological polar surface area (TPSA) is 78.4 Å². The molecule has 5 nitrogen and oxygen atoms in total. The van der Waals surface area contributed by atoms with Crippen LogP contribution in [0.3, 0.4) is 0 Å². The van der Waals surface area contributed by atoms with Crippen molar-refractivity contribution in [1.29, 1.82) is 0 Å². The third kappa shape index (κ3) is 3.79. The van der Waals surface area contributed by atoms with Gasteiger partial charge in [-0.3, -0.25) is 9.59 Å². The molecular formula is C14H18N2O3. The largest absolute Gasteiger partial charge is 0.393 e. The van der Waals surface area contributed by atoms with E-state index in [1.807, 2.05) is 6.07 Å². The number of carbonyl (C=O) groups excluding carboxylic acids is 2. The SMILES string of the molecule is O=C(NCC1CCCC1O)C(=O)Nc1ccccc1. The summed E-state index contributed by atoms with van der Waals surface area (Å²) in [6.07, 6.45) is 2.27. The number of amides is 2. The number of nitrogens with one attached hydrogen (secondary N) is 2. The van der Waals surface area contributed by atoms with Gasteiger partial charge in [0, 0.05) is 18.2 Å². The molecule has 0 bridgehead atoms. The molecule has 0 heterocycles. The maximum Gasteiger partial charge on any atom is 0.313 e. The van der Waals surface area contributed by atoms with Crippen molar-refractivity contribution in [2.45, 2.75) is 25.4 Å². The first-order valence-electron chi connectivity index (χ1n) is 6.49. The Morgan fingerprint density at radius 2 is 1.89 bits per heavy atom. The van der Waals surface area contributed by atoms with Gasteiger partial charge in [0.05, 0.1) is 6.10 Å². The van der Waals surface area contributed by atoms with Crippen molar-refractivity contribution in [1.82, 2.24) is 5.32 Å². The highest BCUT2D eigenvalue weighted by Gasteiger charge is 2.26. The molecule has 1 aliphatic rings. The number of benzene rings is 1. The molecule has 1 saturated carbocycles. The van der Waals surface area contributed by atoms with E-state index in [2.05, 4.69) is 10.6 Å². The van der Waals surface area contributed by atoms with Gasteiger partial charge in [0.15, 0.2) is 0 Å². The summed E-state index contributed by atoms with van der Waals surface area (Å²) in [5, 5.41) is 14.7. The number of carbonyl (C=O) groups is 2. The van der Waals surface area contributed by atoms with Gasteiger partial charge < -0.3 is 15.7 Å². The number of aliphatic hydroxyl groups is 1. The van der Waals surface area contributed by atoms with Gasteiger partial charge in [0.25, 0.3) is 0 Å². The molecule has 1 aromatic carbocycles. The van der Waals surface area contributed by atoms with E-state index >= 15 is 0 Å². The quantitative estimate of drug-likeness (QED) is 0.708. The summed E-state index contributed by atoms with van der Waals surface area (Å²) in [6.45, 7) is 0.349. The van der Waals surface area contributed by atoms with Crippen molar-refractivity contribution < 1.29 is 14.7 Å². The van der Waals surface area contributed by atoms with Gasteiger partial charge in [-0.25, -0.2) is 0 Å². The predicted molar refractivity (Wildman–Crippen MR) is 71.4 cm³/mol. The van der Waals surface area contributed by atoms with Crippen molar-refractivity contribution in [3.8, 4) is 0 Å². The highest BCUT2D eigenvalue weighted by atomic mass is 16.3. The Kier molecular flexibility index (Phi) is 4.52. The van der Waals surface area contributed by atoms with E-state index < -0.39 is 11.8 Å². The van der Waals surface area contributed by atoms with Crippen molar-refractivity contribution >= 4 is 17.5 Å². The van der Waals surface area contributed by atoms with Crippen LogP contribution in [0.4, 0.5) is 5.69 Å². The van der Waals surface area contributed by atoms with Gasteiger partial charge in [-0.15, -0.1) is 0 Å². The number of aliphatic hydroxyl groups excluding tert-OH is 1. The fourth-order valence-electron chi connectivity index (χ4n) is 2.27. The minimum atomic E-state index is -0.682. The fourth-order valence-corrected chi connectivity index (χ4v) is 2.27. The average molecular weight is 262 g/mol. The lowest BCUT2D eigenvalue weighted by Gasteiger charge is -2.14. The Morgan fingerprint density at radius 3 is 2.53 bits per heavy atom. The van der Waals surface area contributed by atoms with Crippen LogP contribution in [-0.2, 0) is 9.59 Å². The van der Waals surface area contributed by atoms with Gasteiger partial charge in [-0.05, 0) is 25.0 Å². The van der Waals surface area contributed by atoms with Gasteiger partial charge in [-0.1, -0.05) is 24.6 Å². The molecule has 0 aromatic heterocycles. The summed E-state index contributed by atoms with van der Waals surface area (Å²) < 4.78 is 0. The average Bonchev–Trinajstić information content (AvgIpc) is 2.82. The van der Waals surface area contributed by atoms with Crippen molar-refractivity contribution in [3.63, 3.8) is 0 Å². The first-order chi connectivity index (χ1) is 9.16. The lowest BCUT2D eigenvalue weighted by Crippen LogP contribution is -2.39. The van der Waals surface area contributed by atoms with Gasteiger partial charge in [0.1, 0.15) is 0 Å². The molecule has 5 heteroatoms. The summed E-state index contributed by atoms with van der Waals surface area (Å²) in [5.41, 5.74) is 0.587. The van der Waals surface area contributed by atoms with Crippen LogP contribution in [0.1, 0.15) is 19.3 Å². The molecule has 0 aliphatic heterocycles. The van der Waals surface area contributed by atoms with Crippen LogP contribution in [0.25, 0.3) is 0 Å². The zero-order valence-corrected chi connectivity index (χ0v) is 10.6. The van der Waals surface area contributed by atoms with E-state index in [9.17, 15) is 14.7 Å². The van der Waals surface area contributed by atoms with Crippen molar-refractivity contribution in [2.24, 2.45) is 5.92 Å². The van der Waals surface area contributed by atoms with Gasteiger partial charge >= 0.3 is 11.8 Å². The van der Waals surface area contributed by atoms with Crippen LogP contribution in [0.15, 0.2) is 30.3 Å². The smallest absolute Gasteiger partial charge is 0.313 e. The van der Waals surface area contributed by atoms with Gasteiger partial charge in [-0.2, -0.15) is 0 Å². The number of rotatable bonds is 3. The number of para-hydroxylation sites is 1. The Hall–Kier alpha value is -1.88. The molecule has 2 atom stereocenters. The monoisotopic (exact) mass is 262 g/mol. The van der Waals surface area contributed by atoms with Crippen LogP contribution < -0.4 is 10.6 Å². The zero-order valence-electron chi connectivity index (χ0n) is 10.6. The van der Waals surface area contributed by atoms with E-state index in [0.717, 1.165) is 19.3 Å². The second kappa shape index (κ2) is 6.33. The molecule has 1 aromatic rings. The second-order valence-electron chi connectivity index (χ2n) is 4.79. The van der Waals surface area contributed by atoms with Crippen molar-refractivity contribution in [2.75, 3.05) is 11.9 Å². The standard InChI is InChI=1S/C14H18N2O3/c17-12-8-4-5-10(12)9-15-13(18)14(19)16-11-6-2-1-3-7-11/h1-3,6-7,10,12,17H,4-5,8-9H2,(H,15,18)(H,16,19). The van der Waals surface area contributed by atoms with E-state index in [-0.39, 0.29) is 12.0 Å². The minimum absolute atomic E-state index is 0.0634. The van der Waals surface area contributed by atoms with E-state index in [1.54, 1.807) is 24.3 Å². The molecular weight excluding hydrogens is 244 g/mol. The molecule has 3 N–H and O–H groups in total. The lowest BCUT2D eigenvalue weighted by atomic mass is 10.1. The van der Waals surface area contributed by atoms with Crippen LogP contribution in [0, 0.1) is 5.92 Å². The van der Waals surface area contributed by atoms with Crippen LogP contribution in [0.5, 0.6) is 0 Å². The van der Waals surface area contributed by atoms with E-state index in [4.69, 9.17) is 0 Å². The summed E-state index contributed by atoms with van der Waals surface area (Å²) >= 11 is 0. The highest BCUT2D eigenvalue weighted by Crippen LogP contribution is 2.24. The molecule has 2 amide bonds. The maximum atomic E-state index is 11.6. The summed E-state index contributed by atoms with van der Waals surface area (Å²) in [4.78, 5) is 23.2. The Labute approximate surface area is 112 Å². The molecule has 2 unspecified atom stereocenters. The molecule has 19 heavy (non-hydrogen) atoms. The van der Waals surface area contributed by atoms with Crippen LogP contribution in [0.2, 0.25) is 0 Å². The summed E-state index contributed by atoms with van der Waals surface area (Å²) in [5.74, 6) is -1.28. The fraction of sp³-hybridized carbons (Fsp3) is 0.429. The summed E-state index contributed by atoms with van der Waals surface area (Å²) in [7, 11) is 0. The third-order valence-corrected chi connectivity index (χ3v) is 3.38. The minimum Gasteiger partial charge on any atom is -0.393 e. The molecule has 1 fully saturated rings. The third-order valence-electron chi connectivity index (χ3n) is 3.38. The second-order valence-corrected chi connectivity index (χ2v) is 4.79. The number of hydrogen-bond donors (Lipinski definition) is 3. The zero-order chi connectivity index (χ0) is 13.7. The highest BCUT2D eigenvalue weighted by molar-refractivity contribution is 6.39. The number of hydrogen-bond acceptors (Lipinski definition) is 3. The first kappa shape index (κ1) is 13.5. The Balaban J connectivity index is 1.78. The molecule has 2 rings (SSSR count). The van der Waals surface area contributed by atoms with Crippen LogP contribution >= 0.6 is 0 Å².